The molecule has 1 aromatic rings. The van der Waals surface area contributed by atoms with Crippen molar-refractivity contribution in [2.75, 3.05) is 19.8 Å². The van der Waals surface area contributed by atoms with Gasteiger partial charge in [-0.05, 0) is 56.8 Å². The van der Waals surface area contributed by atoms with Crippen molar-refractivity contribution in [3.05, 3.63) is 23.8 Å². The number of benzene rings is 1. The first-order valence-corrected chi connectivity index (χ1v) is 7.08. The van der Waals surface area contributed by atoms with Gasteiger partial charge in [-0.15, -0.1) is 0 Å². The highest BCUT2D eigenvalue weighted by atomic mass is 32.1. The maximum atomic E-state index is 5.55. The van der Waals surface area contributed by atoms with Crippen molar-refractivity contribution in [2.24, 2.45) is 5.10 Å². The summed E-state index contributed by atoms with van der Waals surface area (Å²) in [4.78, 5) is 0. The second-order valence-electron chi connectivity index (χ2n) is 3.80. The van der Waals surface area contributed by atoms with Gasteiger partial charge in [0.1, 0.15) is 0 Å². The van der Waals surface area contributed by atoms with E-state index in [0.29, 0.717) is 24.1 Å². The number of hydrogen-bond donors (Lipinski definition) is 2. The van der Waals surface area contributed by atoms with E-state index in [1.807, 2.05) is 39.0 Å². The summed E-state index contributed by atoms with van der Waals surface area (Å²) >= 11 is 5.01. The summed E-state index contributed by atoms with van der Waals surface area (Å²) in [5, 5.41) is 7.51. The summed E-state index contributed by atoms with van der Waals surface area (Å²) < 4.78 is 11.1. The van der Waals surface area contributed by atoms with Gasteiger partial charge in [0, 0.05) is 6.54 Å². The van der Waals surface area contributed by atoms with E-state index in [9.17, 15) is 0 Å². The lowest BCUT2D eigenvalue weighted by atomic mass is 10.2. The van der Waals surface area contributed by atoms with Crippen LogP contribution in [0.3, 0.4) is 0 Å². The SMILES string of the molecule is CCNC(=S)N/N=C/c1ccc(OCC)c(OCC)c1. The Kier molecular flexibility index (Phi) is 7.42. The second kappa shape index (κ2) is 9.14. The molecule has 1 aromatic carbocycles. The molecular formula is C14H21N3O2S. The van der Waals surface area contributed by atoms with Gasteiger partial charge in [0.05, 0.1) is 19.4 Å². The fourth-order valence-corrected chi connectivity index (χ4v) is 1.71. The maximum absolute atomic E-state index is 5.55. The number of nitrogens with one attached hydrogen (secondary N) is 2. The fourth-order valence-electron chi connectivity index (χ4n) is 1.51. The molecule has 0 fully saturated rings. The van der Waals surface area contributed by atoms with Crippen LogP contribution in [0.1, 0.15) is 26.3 Å². The molecule has 0 unspecified atom stereocenters. The monoisotopic (exact) mass is 295 g/mol. The fraction of sp³-hybridized carbons (Fsp3) is 0.429. The molecule has 0 amide bonds. The molecule has 2 N–H and O–H groups in total. The zero-order valence-corrected chi connectivity index (χ0v) is 12.9. The molecule has 5 nitrogen and oxygen atoms in total. The third kappa shape index (κ3) is 5.44. The van der Waals surface area contributed by atoms with Crippen molar-refractivity contribution in [3.8, 4) is 11.5 Å². The molecule has 0 bridgehead atoms. The van der Waals surface area contributed by atoms with Gasteiger partial charge in [0.15, 0.2) is 16.6 Å². The number of rotatable bonds is 7. The van der Waals surface area contributed by atoms with E-state index in [1.165, 1.54) is 0 Å². The van der Waals surface area contributed by atoms with Crippen LogP contribution in [-0.2, 0) is 0 Å². The van der Waals surface area contributed by atoms with E-state index >= 15 is 0 Å². The van der Waals surface area contributed by atoms with E-state index in [0.717, 1.165) is 17.9 Å². The lowest BCUT2D eigenvalue weighted by Gasteiger charge is -2.11. The first kappa shape index (κ1) is 16.2. The second-order valence-corrected chi connectivity index (χ2v) is 4.21. The summed E-state index contributed by atoms with van der Waals surface area (Å²) in [6, 6.07) is 5.67. The Morgan fingerprint density at radius 2 is 1.90 bits per heavy atom. The van der Waals surface area contributed by atoms with Crippen molar-refractivity contribution >= 4 is 23.5 Å². The van der Waals surface area contributed by atoms with Crippen molar-refractivity contribution < 1.29 is 9.47 Å². The van der Waals surface area contributed by atoms with Crippen LogP contribution in [0.5, 0.6) is 11.5 Å². The molecule has 110 valence electrons. The topological polar surface area (TPSA) is 54.9 Å². The van der Waals surface area contributed by atoms with Crippen LogP contribution in [0.4, 0.5) is 0 Å². The molecule has 0 aliphatic heterocycles. The smallest absolute Gasteiger partial charge is 0.186 e. The minimum absolute atomic E-state index is 0.500. The van der Waals surface area contributed by atoms with Crippen LogP contribution >= 0.6 is 12.2 Å². The van der Waals surface area contributed by atoms with Gasteiger partial charge >= 0.3 is 0 Å². The van der Waals surface area contributed by atoms with Crippen molar-refractivity contribution in [2.45, 2.75) is 20.8 Å². The molecule has 0 atom stereocenters. The molecule has 0 aliphatic carbocycles. The lowest BCUT2D eigenvalue weighted by Crippen LogP contribution is -2.31. The Morgan fingerprint density at radius 1 is 1.20 bits per heavy atom. The summed E-state index contributed by atoms with van der Waals surface area (Å²) in [7, 11) is 0. The summed E-state index contributed by atoms with van der Waals surface area (Å²) in [6.07, 6.45) is 1.68. The van der Waals surface area contributed by atoms with Gasteiger partial charge < -0.3 is 14.8 Å². The van der Waals surface area contributed by atoms with Crippen LogP contribution in [0, 0.1) is 0 Å². The number of nitrogens with zero attached hydrogens (tertiary/aromatic N) is 1. The van der Waals surface area contributed by atoms with E-state index in [1.54, 1.807) is 6.21 Å². The average Bonchev–Trinajstić information content (AvgIpc) is 2.42. The minimum atomic E-state index is 0.500. The highest BCUT2D eigenvalue weighted by Crippen LogP contribution is 2.27. The van der Waals surface area contributed by atoms with E-state index in [2.05, 4.69) is 15.8 Å². The number of hydrazone groups is 1. The van der Waals surface area contributed by atoms with Gasteiger partial charge in [-0.25, -0.2) is 0 Å². The van der Waals surface area contributed by atoms with Crippen LogP contribution in [0.2, 0.25) is 0 Å². The molecule has 6 heteroatoms. The molecule has 0 heterocycles. The summed E-state index contributed by atoms with van der Waals surface area (Å²) in [6.45, 7) is 7.80. The predicted octanol–water partition coefficient (Wildman–Crippen LogP) is 2.30. The van der Waals surface area contributed by atoms with Crippen molar-refractivity contribution in [1.29, 1.82) is 0 Å². The molecule has 0 saturated carbocycles. The summed E-state index contributed by atoms with van der Waals surface area (Å²) in [5.41, 5.74) is 3.65. The molecule has 20 heavy (non-hydrogen) atoms. The van der Waals surface area contributed by atoms with Gasteiger partial charge in [-0.1, -0.05) is 0 Å². The molecule has 0 saturated heterocycles. The third-order valence-electron chi connectivity index (χ3n) is 2.28. The Labute approximate surface area is 125 Å². The van der Waals surface area contributed by atoms with E-state index < -0.39 is 0 Å². The Balaban J connectivity index is 2.73. The number of thiocarbonyl (C=S) groups is 1. The van der Waals surface area contributed by atoms with Crippen LogP contribution in [0.25, 0.3) is 0 Å². The quantitative estimate of drug-likeness (QED) is 0.459. The zero-order chi connectivity index (χ0) is 14.8. The lowest BCUT2D eigenvalue weighted by molar-refractivity contribution is 0.288. The third-order valence-corrected chi connectivity index (χ3v) is 2.52. The van der Waals surface area contributed by atoms with Gasteiger partial charge in [0.2, 0.25) is 0 Å². The van der Waals surface area contributed by atoms with Gasteiger partial charge in [-0.3, -0.25) is 5.43 Å². The standard InChI is InChI=1S/C14H21N3O2S/c1-4-15-14(20)17-16-10-11-7-8-12(18-5-2)13(9-11)19-6-3/h7-10H,4-6H2,1-3H3,(H2,15,17,20)/b16-10+. The van der Waals surface area contributed by atoms with Gasteiger partial charge in [-0.2, -0.15) is 5.10 Å². The van der Waals surface area contributed by atoms with Gasteiger partial charge in [0.25, 0.3) is 0 Å². The van der Waals surface area contributed by atoms with E-state index in [4.69, 9.17) is 21.7 Å². The highest BCUT2D eigenvalue weighted by Gasteiger charge is 2.04. The van der Waals surface area contributed by atoms with Crippen molar-refractivity contribution in [1.82, 2.24) is 10.7 Å². The predicted molar refractivity (Wildman–Crippen MR) is 85.8 cm³/mol. The first-order valence-electron chi connectivity index (χ1n) is 6.67. The molecular weight excluding hydrogens is 274 g/mol. The largest absolute Gasteiger partial charge is 0.490 e. The Morgan fingerprint density at radius 3 is 2.55 bits per heavy atom. The van der Waals surface area contributed by atoms with Crippen molar-refractivity contribution in [3.63, 3.8) is 0 Å². The Bertz CT molecular complexity index is 464. The molecule has 0 radical (unpaired) electrons. The normalized spacial score (nSPS) is 10.3. The van der Waals surface area contributed by atoms with E-state index in [-0.39, 0.29) is 0 Å². The minimum Gasteiger partial charge on any atom is -0.490 e. The highest BCUT2D eigenvalue weighted by molar-refractivity contribution is 7.80. The van der Waals surface area contributed by atoms with Crippen LogP contribution in [0.15, 0.2) is 23.3 Å². The number of hydrogen-bond acceptors (Lipinski definition) is 4. The molecule has 0 aliphatic rings. The first-order chi connectivity index (χ1) is 9.71. The molecule has 1 rings (SSSR count). The molecule has 0 spiro atoms. The Hall–Kier alpha value is -1.82. The number of ether oxygens (including phenoxy) is 2. The van der Waals surface area contributed by atoms with Crippen LogP contribution < -0.4 is 20.2 Å². The maximum Gasteiger partial charge on any atom is 0.186 e. The zero-order valence-electron chi connectivity index (χ0n) is 12.1. The molecule has 0 aromatic heterocycles. The average molecular weight is 295 g/mol. The van der Waals surface area contributed by atoms with Crippen LogP contribution in [-0.4, -0.2) is 31.1 Å². The summed E-state index contributed by atoms with van der Waals surface area (Å²) in [5.74, 6) is 1.45.